The Labute approximate surface area is 182 Å². The normalized spacial score (nSPS) is 23.1. The second-order valence-electron chi connectivity index (χ2n) is 6.97. The first-order valence-corrected chi connectivity index (χ1v) is 10.1. The van der Waals surface area contributed by atoms with Gasteiger partial charge in [-0.15, -0.1) is 0 Å². The average Bonchev–Trinajstić information content (AvgIpc) is 3.13. The molecule has 0 N–H and O–H groups in total. The van der Waals surface area contributed by atoms with Crippen molar-refractivity contribution < 1.29 is 23.9 Å². The topological polar surface area (TPSA) is 76.2 Å². The molecule has 0 radical (unpaired) electrons. The molecule has 0 aliphatic carbocycles. The van der Waals surface area contributed by atoms with Gasteiger partial charge in [0.15, 0.2) is 0 Å². The van der Waals surface area contributed by atoms with Gasteiger partial charge in [0.1, 0.15) is 18.3 Å². The number of ether oxygens (including phenoxy) is 2. The highest BCUT2D eigenvalue weighted by Crippen LogP contribution is 2.47. The zero-order valence-corrected chi connectivity index (χ0v) is 17.7. The summed E-state index contributed by atoms with van der Waals surface area (Å²) in [6.45, 7) is 3.89. The number of nitrogens with zero attached hydrogens (tertiary/aromatic N) is 2. The number of β-lactam (4-membered cyclic amide) rings is 1. The molecule has 8 heteroatoms. The highest BCUT2D eigenvalue weighted by molar-refractivity contribution is 9.10. The molecule has 3 atom stereocenters. The Balaban J connectivity index is 1.76. The largest absolute Gasteiger partial charge is 0.464 e. The van der Waals surface area contributed by atoms with Gasteiger partial charge in [-0.2, -0.15) is 0 Å². The number of methoxy groups -OCH3 is 1. The van der Waals surface area contributed by atoms with Crippen LogP contribution >= 0.6 is 15.9 Å². The van der Waals surface area contributed by atoms with Crippen LogP contribution in [0.1, 0.15) is 23.2 Å². The minimum Gasteiger partial charge on any atom is -0.464 e. The maximum atomic E-state index is 13.2. The summed E-state index contributed by atoms with van der Waals surface area (Å²) in [4.78, 5) is 40.7. The maximum Gasteiger partial charge on any atom is 0.411 e. The lowest BCUT2D eigenvalue weighted by molar-refractivity contribution is -0.159. The molecular weight excluding hydrogens is 452 g/mol. The first-order valence-electron chi connectivity index (χ1n) is 9.30. The lowest BCUT2D eigenvalue weighted by Gasteiger charge is -2.51. The molecule has 154 valence electrons. The SMILES string of the molecule is C=C(C(=O)OC)N1C(=O)C(N2C(=O)OC[C@@H]2c2ccccc2)C1c1ccccc1Br. The highest BCUT2D eigenvalue weighted by atomic mass is 79.9. The molecule has 2 fully saturated rings. The molecule has 2 unspecified atom stereocenters. The van der Waals surface area contributed by atoms with Gasteiger partial charge in [0.25, 0.3) is 5.91 Å². The van der Waals surface area contributed by atoms with Gasteiger partial charge in [0.05, 0.1) is 19.2 Å². The molecule has 2 aliphatic heterocycles. The van der Waals surface area contributed by atoms with Crippen LogP contribution < -0.4 is 0 Å². The van der Waals surface area contributed by atoms with Crippen LogP contribution in [0, 0.1) is 0 Å². The Morgan fingerprint density at radius 3 is 2.43 bits per heavy atom. The van der Waals surface area contributed by atoms with Gasteiger partial charge >= 0.3 is 12.1 Å². The van der Waals surface area contributed by atoms with Crippen LogP contribution in [-0.2, 0) is 19.1 Å². The summed E-state index contributed by atoms with van der Waals surface area (Å²) in [6, 6.07) is 14.9. The van der Waals surface area contributed by atoms with Crippen LogP contribution in [0.3, 0.4) is 0 Å². The zero-order valence-electron chi connectivity index (χ0n) is 16.2. The van der Waals surface area contributed by atoms with Crippen molar-refractivity contribution >= 4 is 33.9 Å². The lowest BCUT2D eigenvalue weighted by Crippen LogP contribution is -2.66. The molecule has 4 rings (SSSR count). The molecule has 0 aromatic heterocycles. The van der Waals surface area contributed by atoms with Crippen molar-refractivity contribution in [2.45, 2.75) is 18.1 Å². The van der Waals surface area contributed by atoms with Crippen molar-refractivity contribution in [1.29, 1.82) is 0 Å². The van der Waals surface area contributed by atoms with Crippen LogP contribution in [0.5, 0.6) is 0 Å². The second kappa shape index (κ2) is 7.95. The van der Waals surface area contributed by atoms with E-state index in [-0.39, 0.29) is 12.3 Å². The van der Waals surface area contributed by atoms with E-state index in [0.29, 0.717) is 0 Å². The first-order chi connectivity index (χ1) is 14.5. The van der Waals surface area contributed by atoms with Crippen LogP contribution in [0.2, 0.25) is 0 Å². The molecule has 0 bridgehead atoms. The number of rotatable bonds is 5. The lowest BCUT2D eigenvalue weighted by atomic mass is 9.85. The molecular formula is C22H19BrN2O5. The van der Waals surface area contributed by atoms with Crippen molar-refractivity contribution in [2.75, 3.05) is 13.7 Å². The van der Waals surface area contributed by atoms with E-state index in [1.54, 1.807) is 0 Å². The molecule has 2 aromatic carbocycles. The van der Waals surface area contributed by atoms with Crippen LogP contribution in [-0.4, -0.2) is 47.5 Å². The van der Waals surface area contributed by atoms with Gasteiger partial charge < -0.3 is 9.47 Å². The van der Waals surface area contributed by atoms with Gasteiger partial charge in [-0.25, -0.2) is 9.59 Å². The third kappa shape index (κ3) is 3.17. The first kappa shape index (κ1) is 20.2. The second-order valence-corrected chi connectivity index (χ2v) is 7.82. The summed E-state index contributed by atoms with van der Waals surface area (Å²) >= 11 is 3.51. The van der Waals surface area contributed by atoms with E-state index in [0.717, 1.165) is 15.6 Å². The fourth-order valence-electron chi connectivity index (χ4n) is 3.96. The van der Waals surface area contributed by atoms with Crippen LogP contribution in [0.25, 0.3) is 0 Å². The minimum absolute atomic E-state index is 0.0803. The predicted molar refractivity (Wildman–Crippen MR) is 111 cm³/mol. The fraction of sp³-hybridized carbons (Fsp3) is 0.227. The Morgan fingerprint density at radius 2 is 1.77 bits per heavy atom. The Hall–Kier alpha value is -3.13. The molecule has 2 aliphatic rings. The van der Waals surface area contributed by atoms with Crippen molar-refractivity contribution in [3.63, 3.8) is 0 Å². The van der Waals surface area contributed by atoms with Crippen molar-refractivity contribution in [3.05, 3.63) is 82.5 Å². The molecule has 0 spiro atoms. The molecule has 2 saturated heterocycles. The number of carbonyl (C=O) groups excluding carboxylic acids is 3. The zero-order chi connectivity index (χ0) is 21.4. The number of hydrogen-bond acceptors (Lipinski definition) is 5. The number of amides is 2. The summed E-state index contributed by atoms with van der Waals surface area (Å²) in [7, 11) is 1.23. The fourth-order valence-corrected chi connectivity index (χ4v) is 4.48. The van der Waals surface area contributed by atoms with E-state index >= 15 is 0 Å². The van der Waals surface area contributed by atoms with E-state index in [1.807, 2.05) is 54.6 Å². The summed E-state index contributed by atoms with van der Waals surface area (Å²) in [5.74, 6) is -1.12. The number of hydrogen-bond donors (Lipinski definition) is 0. The maximum absolute atomic E-state index is 13.2. The summed E-state index contributed by atoms with van der Waals surface area (Å²) in [6.07, 6.45) is -0.567. The van der Waals surface area contributed by atoms with Crippen molar-refractivity contribution in [1.82, 2.24) is 9.80 Å². The number of benzene rings is 2. The number of carbonyl (C=O) groups is 3. The summed E-state index contributed by atoms with van der Waals surface area (Å²) in [5.41, 5.74) is 1.54. The Kier molecular flexibility index (Phi) is 5.34. The molecule has 7 nitrogen and oxygen atoms in total. The van der Waals surface area contributed by atoms with E-state index in [1.165, 1.54) is 16.9 Å². The Bertz CT molecular complexity index is 1030. The van der Waals surface area contributed by atoms with E-state index < -0.39 is 36.1 Å². The van der Waals surface area contributed by atoms with E-state index in [2.05, 4.69) is 22.5 Å². The molecule has 2 heterocycles. The standard InChI is InChI=1S/C22H19BrN2O5/c1-13(21(27)29-2)24-18(15-10-6-7-11-16(15)23)19(20(24)26)25-17(12-30-22(25)28)14-8-4-3-5-9-14/h3-11,17-19H,1,12H2,2H3/t17-,18?,19?/m1/s1. The third-order valence-corrected chi connectivity index (χ3v) is 6.12. The average molecular weight is 471 g/mol. The number of likely N-dealkylation sites (tertiary alicyclic amines) is 1. The molecule has 0 saturated carbocycles. The monoisotopic (exact) mass is 470 g/mol. The quantitative estimate of drug-likeness (QED) is 0.379. The number of esters is 1. The van der Waals surface area contributed by atoms with Crippen molar-refractivity contribution in [3.8, 4) is 0 Å². The van der Waals surface area contributed by atoms with Gasteiger partial charge in [-0.3, -0.25) is 14.6 Å². The smallest absolute Gasteiger partial charge is 0.411 e. The molecule has 2 aromatic rings. The Morgan fingerprint density at radius 1 is 1.10 bits per heavy atom. The summed E-state index contributed by atoms with van der Waals surface area (Å²) in [5, 5.41) is 0. The number of halogens is 1. The third-order valence-electron chi connectivity index (χ3n) is 5.40. The predicted octanol–water partition coefficient (Wildman–Crippen LogP) is 3.58. The van der Waals surface area contributed by atoms with E-state index in [9.17, 15) is 14.4 Å². The highest BCUT2D eigenvalue weighted by Gasteiger charge is 2.58. The molecule has 2 amide bonds. The van der Waals surface area contributed by atoms with Gasteiger partial charge in [-0.05, 0) is 17.2 Å². The number of cyclic esters (lactones) is 1. The molecule has 30 heavy (non-hydrogen) atoms. The van der Waals surface area contributed by atoms with Crippen molar-refractivity contribution in [2.24, 2.45) is 0 Å². The van der Waals surface area contributed by atoms with Crippen LogP contribution in [0.4, 0.5) is 4.79 Å². The summed E-state index contributed by atoms with van der Waals surface area (Å²) < 4.78 is 10.8. The van der Waals surface area contributed by atoms with Gasteiger partial charge in [0.2, 0.25) is 0 Å². The minimum atomic E-state index is -0.842. The van der Waals surface area contributed by atoms with Gasteiger partial charge in [-0.1, -0.05) is 71.0 Å². The van der Waals surface area contributed by atoms with Crippen LogP contribution in [0.15, 0.2) is 71.3 Å². The van der Waals surface area contributed by atoms with Gasteiger partial charge in [0, 0.05) is 4.47 Å². The van der Waals surface area contributed by atoms with E-state index in [4.69, 9.17) is 9.47 Å².